The highest BCUT2D eigenvalue weighted by molar-refractivity contribution is 5.82. The van der Waals surface area contributed by atoms with Gasteiger partial charge < -0.3 is 5.41 Å². The zero-order chi connectivity index (χ0) is 15.5. The first-order valence-corrected chi connectivity index (χ1v) is 10.1. The van der Waals surface area contributed by atoms with Crippen molar-refractivity contribution in [3.63, 3.8) is 0 Å². The molecule has 8 unspecified atom stereocenters. The third-order valence-corrected chi connectivity index (χ3v) is 8.74. The molecule has 1 nitrogen and oxygen atoms in total. The Morgan fingerprint density at radius 3 is 2.45 bits per heavy atom. The van der Waals surface area contributed by atoms with Gasteiger partial charge in [-0.05, 0) is 99.2 Å². The van der Waals surface area contributed by atoms with Crippen LogP contribution in [0.1, 0.15) is 78.6 Å². The Kier molecular flexibility index (Phi) is 3.70. The van der Waals surface area contributed by atoms with Gasteiger partial charge >= 0.3 is 0 Å². The first kappa shape index (κ1) is 15.2. The smallest absolute Gasteiger partial charge is 0.00946 e. The number of hydrogen-bond donors (Lipinski definition) is 1. The molecule has 1 heteroatoms. The van der Waals surface area contributed by atoms with Crippen molar-refractivity contribution in [2.24, 2.45) is 46.8 Å². The molecule has 0 saturated heterocycles. The Morgan fingerprint density at radius 1 is 0.909 bits per heavy atom. The summed E-state index contributed by atoms with van der Waals surface area (Å²) in [4.78, 5) is 0. The summed E-state index contributed by atoms with van der Waals surface area (Å²) < 4.78 is 0. The van der Waals surface area contributed by atoms with Crippen molar-refractivity contribution in [2.75, 3.05) is 0 Å². The standard InChI is InChI=1S/C21H35N/c1-13-4-6-16-15(12-13)5-7-18-17(16)10-11-21(3)19(14(2)22)8-9-20(18)21/h13,15-20,22H,4-12H2,1-3H3. The predicted octanol–water partition coefficient (Wildman–Crippen LogP) is 5.93. The molecule has 8 atom stereocenters. The normalized spacial score (nSPS) is 54.2. The minimum Gasteiger partial charge on any atom is -0.310 e. The lowest BCUT2D eigenvalue weighted by atomic mass is 9.49. The zero-order valence-electron chi connectivity index (χ0n) is 14.9. The number of nitrogens with one attached hydrogen (secondary N) is 1. The van der Waals surface area contributed by atoms with Crippen LogP contribution >= 0.6 is 0 Å². The highest BCUT2D eigenvalue weighted by Gasteiger charge is 2.57. The van der Waals surface area contributed by atoms with Gasteiger partial charge in [0.25, 0.3) is 0 Å². The highest BCUT2D eigenvalue weighted by atomic mass is 14.6. The quantitative estimate of drug-likeness (QED) is 0.580. The van der Waals surface area contributed by atoms with Crippen molar-refractivity contribution < 1.29 is 0 Å². The van der Waals surface area contributed by atoms with E-state index in [2.05, 4.69) is 20.8 Å². The Hall–Kier alpha value is -0.330. The second-order valence-electron chi connectivity index (χ2n) is 9.71. The third-order valence-electron chi connectivity index (χ3n) is 8.74. The molecule has 0 aliphatic heterocycles. The molecule has 0 amide bonds. The van der Waals surface area contributed by atoms with Crippen LogP contribution in [0.25, 0.3) is 0 Å². The predicted molar refractivity (Wildman–Crippen MR) is 93.2 cm³/mol. The van der Waals surface area contributed by atoms with Gasteiger partial charge in [0.15, 0.2) is 0 Å². The molecule has 4 aliphatic carbocycles. The van der Waals surface area contributed by atoms with Crippen LogP contribution in [-0.4, -0.2) is 5.71 Å². The van der Waals surface area contributed by atoms with Gasteiger partial charge in [-0.3, -0.25) is 0 Å². The summed E-state index contributed by atoms with van der Waals surface area (Å²) >= 11 is 0. The van der Waals surface area contributed by atoms with Gasteiger partial charge in [0, 0.05) is 11.6 Å². The molecular weight excluding hydrogens is 266 g/mol. The summed E-state index contributed by atoms with van der Waals surface area (Å²) in [5.41, 5.74) is 1.45. The van der Waals surface area contributed by atoms with Gasteiger partial charge in [-0.2, -0.15) is 0 Å². The molecule has 4 aliphatic rings. The summed E-state index contributed by atoms with van der Waals surface area (Å²) in [6, 6.07) is 0. The Labute approximate surface area is 137 Å². The van der Waals surface area contributed by atoms with E-state index >= 15 is 0 Å². The van der Waals surface area contributed by atoms with E-state index in [0.29, 0.717) is 11.3 Å². The molecule has 124 valence electrons. The van der Waals surface area contributed by atoms with Crippen molar-refractivity contribution in [3.05, 3.63) is 0 Å². The number of fused-ring (bicyclic) bond motifs is 5. The molecule has 0 bridgehead atoms. The van der Waals surface area contributed by atoms with Crippen LogP contribution in [0.4, 0.5) is 0 Å². The van der Waals surface area contributed by atoms with E-state index in [9.17, 15) is 0 Å². The van der Waals surface area contributed by atoms with Gasteiger partial charge in [-0.25, -0.2) is 0 Å². The number of rotatable bonds is 1. The van der Waals surface area contributed by atoms with E-state index in [1.807, 2.05) is 0 Å². The van der Waals surface area contributed by atoms with Gasteiger partial charge in [0.05, 0.1) is 0 Å². The SMILES string of the molecule is CC(=N)C1CCC2C3CCC4CC(C)CCC4C3CCC12C. The average molecular weight is 302 g/mol. The summed E-state index contributed by atoms with van der Waals surface area (Å²) in [7, 11) is 0. The summed E-state index contributed by atoms with van der Waals surface area (Å²) in [5.74, 6) is 6.73. The van der Waals surface area contributed by atoms with E-state index in [1.54, 1.807) is 0 Å². The molecule has 0 radical (unpaired) electrons. The molecular formula is C21H35N. The lowest BCUT2D eigenvalue weighted by Crippen LogP contribution is -2.49. The molecule has 4 saturated carbocycles. The minimum atomic E-state index is 0.474. The van der Waals surface area contributed by atoms with E-state index in [0.717, 1.165) is 41.2 Å². The van der Waals surface area contributed by atoms with Crippen molar-refractivity contribution >= 4 is 5.71 Å². The Bertz CT molecular complexity index is 455. The van der Waals surface area contributed by atoms with Crippen molar-refractivity contribution in [1.82, 2.24) is 0 Å². The monoisotopic (exact) mass is 301 g/mol. The maximum absolute atomic E-state index is 8.24. The second-order valence-corrected chi connectivity index (χ2v) is 9.71. The van der Waals surface area contributed by atoms with Gasteiger partial charge in [0.1, 0.15) is 0 Å². The number of hydrogen-bond acceptors (Lipinski definition) is 1. The summed E-state index contributed by atoms with van der Waals surface area (Å²) in [5, 5.41) is 8.24. The first-order valence-electron chi connectivity index (χ1n) is 10.1. The molecule has 0 aromatic heterocycles. The fourth-order valence-electron chi connectivity index (χ4n) is 7.80. The lowest BCUT2D eigenvalue weighted by molar-refractivity contribution is -0.0607. The van der Waals surface area contributed by atoms with Crippen LogP contribution in [0.2, 0.25) is 0 Å². The molecule has 4 fully saturated rings. The van der Waals surface area contributed by atoms with Crippen molar-refractivity contribution in [1.29, 1.82) is 5.41 Å². The molecule has 4 rings (SSSR count). The molecule has 1 N–H and O–H groups in total. The van der Waals surface area contributed by atoms with Crippen LogP contribution in [-0.2, 0) is 0 Å². The minimum absolute atomic E-state index is 0.474. The van der Waals surface area contributed by atoms with Crippen LogP contribution in [0, 0.1) is 52.2 Å². The van der Waals surface area contributed by atoms with E-state index in [4.69, 9.17) is 5.41 Å². The largest absolute Gasteiger partial charge is 0.310 e. The Balaban J connectivity index is 1.56. The topological polar surface area (TPSA) is 23.9 Å². The highest BCUT2D eigenvalue weighted by Crippen LogP contribution is 2.64. The average Bonchev–Trinajstić information content (AvgIpc) is 2.84. The molecule has 0 heterocycles. The van der Waals surface area contributed by atoms with Crippen LogP contribution < -0.4 is 0 Å². The molecule has 0 aromatic carbocycles. The third kappa shape index (κ3) is 2.13. The van der Waals surface area contributed by atoms with E-state index in [1.165, 1.54) is 57.8 Å². The zero-order valence-corrected chi connectivity index (χ0v) is 14.9. The van der Waals surface area contributed by atoms with E-state index < -0.39 is 0 Å². The summed E-state index contributed by atoms with van der Waals surface area (Å²) in [6.07, 6.45) is 13.2. The van der Waals surface area contributed by atoms with Crippen LogP contribution in [0.5, 0.6) is 0 Å². The van der Waals surface area contributed by atoms with Crippen LogP contribution in [0.3, 0.4) is 0 Å². The molecule has 0 aromatic rings. The lowest BCUT2D eigenvalue weighted by Gasteiger charge is -2.56. The second kappa shape index (κ2) is 5.35. The maximum atomic E-state index is 8.24. The van der Waals surface area contributed by atoms with E-state index in [-0.39, 0.29) is 0 Å². The Morgan fingerprint density at radius 2 is 1.68 bits per heavy atom. The van der Waals surface area contributed by atoms with Crippen molar-refractivity contribution in [2.45, 2.75) is 78.6 Å². The maximum Gasteiger partial charge on any atom is 0.00946 e. The fourth-order valence-corrected chi connectivity index (χ4v) is 7.80. The van der Waals surface area contributed by atoms with Gasteiger partial charge in [0.2, 0.25) is 0 Å². The molecule has 22 heavy (non-hydrogen) atoms. The fraction of sp³-hybridized carbons (Fsp3) is 0.952. The summed E-state index contributed by atoms with van der Waals surface area (Å²) in [6.45, 7) is 7.11. The van der Waals surface area contributed by atoms with Crippen molar-refractivity contribution in [3.8, 4) is 0 Å². The van der Waals surface area contributed by atoms with Gasteiger partial charge in [-0.1, -0.05) is 20.3 Å². The first-order chi connectivity index (χ1) is 10.5. The van der Waals surface area contributed by atoms with Crippen LogP contribution in [0.15, 0.2) is 0 Å². The molecule has 0 spiro atoms. The van der Waals surface area contributed by atoms with Gasteiger partial charge in [-0.15, -0.1) is 0 Å².